The molecule has 0 aliphatic carbocycles. The highest BCUT2D eigenvalue weighted by Crippen LogP contribution is 2.36. The molecule has 0 fully saturated rings. The number of para-hydroxylation sites is 1. The van der Waals surface area contributed by atoms with Crippen molar-refractivity contribution in [2.24, 2.45) is 0 Å². The number of anilines is 1. The molecule has 0 atom stereocenters. The first-order chi connectivity index (χ1) is 9.79. The third-order valence-electron chi connectivity index (χ3n) is 3.08. The summed E-state index contributed by atoms with van der Waals surface area (Å²) in [5.41, 5.74) is 6.76. The first-order valence-electron chi connectivity index (χ1n) is 6.23. The van der Waals surface area contributed by atoms with E-state index >= 15 is 0 Å². The van der Waals surface area contributed by atoms with Gasteiger partial charge in [0.1, 0.15) is 10.8 Å². The highest BCUT2D eigenvalue weighted by atomic mass is 32.2. The van der Waals surface area contributed by atoms with Crippen LogP contribution in [-0.4, -0.2) is 12.1 Å². The molecule has 0 spiro atoms. The molecule has 0 aliphatic rings. The number of hydrogen-bond donors (Lipinski definition) is 1. The van der Waals surface area contributed by atoms with Gasteiger partial charge in [-0.1, -0.05) is 36.0 Å². The summed E-state index contributed by atoms with van der Waals surface area (Å²) < 4.78 is 5.39. The molecule has 0 amide bonds. The van der Waals surface area contributed by atoms with Crippen molar-refractivity contribution in [1.29, 1.82) is 0 Å². The number of aromatic nitrogens is 1. The second-order valence-corrected chi connectivity index (χ2v) is 5.34. The smallest absolute Gasteiger partial charge is 0.126 e. The molecular weight excluding hydrogens is 268 g/mol. The van der Waals surface area contributed by atoms with Crippen molar-refractivity contribution in [3.05, 3.63) is 54.7 Å². The lowest BCUT2D eigenvalue weighted by Gasteiger charge is -2.09. The summed E-state index contributed by atoms with van der Waals surface area (Å²) in [6, 6.07) is 15.7. The third-order valence-corrected chi connectivity index (χ3v) is 4.19. The van der Waals surface area contributed by atoms with Crippen LogP contribution in [0.5, 0.6) is 5.75 Å². The van der Waals surface area contributed by atoms with E-state index in [2.05, 4.69) is 4.98 Å². The lowest BCUT2D eigenvalue weighted by molar-refractivity contribution is 0.419. The zero-order chi connectivity index (χ0) is 13.9. The van der Waals surface area contributed by atoms with Gasteiger partial charge in [0.05, 0.1) is 7.11 Å². The quantitative estimate of drug-likeness (QED) is 0.738. The Morgan fingerprint density at radius 3 is 2.65 bits per heavy atom. The van der Waals surface area contributed by atoms with Crippen molar-refractivity contribution in [2.75, 3.05) is 12.8 Å². The van der Waals surface area contributed by atoms with Crippen molar-refractivity contribution >= 4 is 28.2 Å². The fraction of sp³-hybridized carbons (Fsp3) is 0.0625. The van der Waals surface area contributed by atoms with Crippen LogP contribution in [0.2, 0.25) is 0 Å². The standard InChI is InChI=1S/C16H14N2OS/c1-19-14-7-4-5-12-11(14)9-10-18-16(12)20-15-8-3-2-6-13(15)17/h2-10H,17H2,1H3. The molecule has 0 saturated heterocycles. The lowest BCUT2D eigenvalue weighted by Crippen LogP contribution is -1.90. The number of hydrogen-bond acceptors (Lipinski definition) is 4. The molecule has 3 rings (SSSR count). The molecule has 0 radical (unpaired) electrons. The van der Waals surface area contributed by atoms with Crippen LogP contribution in [0.15, 0.2) is 64.6 Å². The number of nitrogens with zero attached hydrogens (tertiary/aromatic N) is 1. The number of rotatable bonds is 3. The molecule has 0 bridgehead atoms. The van der Waals surface area contributed by atoms with Gasteiger partial charge in [0, 0.05) is 27.6 Å². The molecule has 3 nitrogen and oxygen atoms in total. The minimum Gasteiger partial charge on any atom is -0.496 e. The Kier molecular flexibility index (Phi) is 3.48. The van der Waals surface area contributed by atoms with Crippen molar-refractivity contribution in [1.82, 2.24) is 4.98 Å². The summed E-state index contributed by atoms with van der Waals surface area (Å²) in [6.45, 7) is 0. The van der Waals surface area contributed by atoms with Gasteiger partial charge in [0.25, 0.3) is 0 Å². The first kappa shape index (κ1) is 12.8. The predicted octanol–water partition coefficient (Wildman–Crippen LogP) is 3.98. The van der Waals surface area contributed by atoms with Crippen LogP contribution >= 0.6 is 11.8 Å². The summed E-state index contributed by atoms with van der Waals surface area (Å²) in [4.78, 5) is 5.48. The van der Waals surface area contributed by atoms with Crippen molar-refractivity contribution in [2.45, 2.75) is 9.92 Å². The molecule has 100 valence electrons. The second kappa shape index (κ2) is 5.43. The van der Waals surface area contributed by atoms with Crippen LogP contribution in [-0.2, 0) is 0 Å². The van der Waals surface area contributed by atoms with E-state index in [9.17, 15) is 0 Å². The molecule has 2 aromatic carbocycles. The average molecular weight is 282 g/mol. The molecule has 1 heterocycles. The monoisotopic (exact) mass is 282 g/mol. The first-order valence-corrected chi connectivity index (χ1v) is 7.05. The van der Waals surface area contributed by atoms with Crippen LogP contribution in [0.25, 0.3) is 10.8 Å². The number of ether oxygens (including phenoxy) is 1. The predicted molar refractivity (Wildman–Crippen MR) is 83.3 cm³/mol. The summed E-state index contributed by atoms with van der Waals surface area (Å²) in [5, 5.41) is 3.06. The zero-order valence-corrected chi connectivity index (χ0v) is 11.9. The Balaban J connectivity index is 2.11. The molecule has 0 aliphatic heterocycles. The summed E-state index contributed by atoms with van der Waals surface area (Å²) >= 11 is 1.57. The Morgan fingerprint density at radius 2 is 1.85 bits per heavy atom. The fourth-order valence-electron chi connectivity index (χ4n) is 2.09. The molecule has 0 saturated carbocycles. The Bertz CT molecular complexity index is 758. The maximum Gasteiger partial charge on any atom is 0.126 e. The molecule has 20 heavy (non-hydrogen) atoms. The highest BCUT2D eigenvalue weighted by molar-refractivity contribution is 7.99. The van der Waals surface area contributed by atoms with Gasteiger partial charge in [-0.05, 0) is 24.3 Å². The highest BCUT2D eigenvalue weighted by Gasteiger charge is 2.09. The number of fused-ring (bicyclic) bond motifs is 1. The van der Waals surface area contributed by atoms with Gasteiger partial charge in [-0.25, -0.2) is 4.98 Å². The van der Waals surface area contributed by atoms with Crippen molar-refractivity contribution in [3.63, 3.8) is 0 Å². The minimum atomic E-state index is 0.763. The van der Waals surface area contributed by atoms with E-state index in [1.165, 1.54) is 0 Å². The molecule has 3 aromatic rings. The van der Waals surface area contributed by atoms with Gasteiger partial charge < -0.3 is 10.5 Å². The lowest BCUT2D eigenvalue weighted by atomic mass is 10.1. The number of nitrogen functional groups attached to an aromatic ring is 1. The van der Waals surface area contributed by atoms with E-state index in [1.54, 1.807) is 25.1 Å². The molecular formula is C16H14N2OS. The minimum absolute atomic E-state index is 0.763. The van der Waals surface area contributed by atoms with Gasteiger partial charge in [0.2, 0.25) is 0 Å². The number of nitrogens with two attached hydrogens (primary N) is 1. The van der Waals surface area contributed by atoms with E-state index in [-0.39, 0.29) is 0 Å². The third kappa shape index (κ3) is 2.30. The van der Waals surface area contributed by atoms with Gasteiger partial charge in [-0.2, -0.15) is 0 Å². The fourth-order valence-corrected chi connectivity index (χ4v) is 3.03. The zero-order valence-electron chi connectivity index (χ0n) is 11.0. The average Bonchev–Trinajstić information content (AvgIpc) is 2.49. The molecule has 4 heteroatoms. The SMILES string of the molecule is COc1cccc2c(Sc3ccccc3N)nccc12. The summed E-state index contributed by atoms with van der Waals surface area (Å²) in [5.74, 6) is 0.854. The Morgan fingerprint density at radius 1 is 1.00 bits per heavy atom. The van der Waals surface area contributed by atoms with Gasteiger partial charge in [-0.15, -0.1) is 0 Å². The van der Waals surface area contributed by atoms with Crippen LogP contribution in [0.4, 0.5) is 5.69 Å². The van der Waals surface area contributed by atoms with Crippen molar-refractivity contribution in [3.8, 4) is 5.75 Å². The summed E-state index contributed by atoms with van der Waals surface area (Å²) in [6.07, 6.45) is 1.80. The normalized spacial score (nSPS) is 10.7. The Labute approximate surface area is 121 Å². The van der Waals surface area contributed by atoms with E-state index in [0.717, 1.165) is 32.1 Å². The van der Waals surface area contributed by atoms with E-state index in [4.69, 9.17) is 10.5 Å². The Hall–Kier alpha value is -2.20. The van der Waals surface area contributed by atoms with Gasteiger partial charge >= 0.3 is 0 Å². The molecule has 0 unspecified atom stereocenters. The molecule has 2 N–H and O–H groups in total. The van der Waals surface area contributed by atoms with E-state index in [0.29, 0.717) is 0 Å². The maximum atomic E-state index is 6.00. The number of pyridine rings is 1. The van der Waals surface area contributed by atoms with Crippen molar-refractivity contribution < 1.29 is 4.74 Å². The number of methoxy groups -OCH3 is 1. The number of benzene rings is 2. The molecule has 1 aromatic heterocycles. The van der Waals surface area contributed by atoms with Crippen LogP contribution in [0.1, 0.15) is 0 Å². The van der Waals surface area contributed by atoms with Gasteiger partial charge in [-0.3, -0.25) is 0 Å². The van der Waals surface area contributed by atoms with E-state index < -0.39 is 0 Å². The summed E-state index contributed by atoms with van der Waals surface area (Å²) in [7, 11) is 1.68. The van der Waals surface area contributed by atoms with E-state index in [1.807, 2.05) is 48.5 Å². The van der Waals surface area contributed by atoms with Crippen LogP contribution in [0, 0.1) is 0 Å². The van der Waals surface area contributed by atoms with Crippen LogP contribution in [0.3, 0.4) is 0 Å². The van der Waals surface area contributed by atoms with Gasteiger partial charge in [0.15, 0.2) is 0 Å². The maximum absolute atomic E-state index is 6.00. The topological polar surface area (TPSA) is 48.1 Å². The largest absolute Gasteiger partial charge is 0.496 e. The second-order valence-electron chi connectivity index (χ2n) is 4.31. The van der Waals surface area contributed by atoms with Crippen LogP contribution < -0.4 is 10.5 Å².